The third-order valence-electron chi connectivity index (χ3n) is 3.67. The number of para-hydroxylation sites is 2. The van der Waals surface area contributed by atoms with Gasteiger partial charge in [0.05, 0.1) is 11.4 Å². The zero-order valence-corrected chi connectivity index (χ0v) is 12.5. The number of rotatable bonds is 3. The van der Waals surface area contributed by atoms with E-state index in [1.807, 2.05) is 0 Å². The van der Waals surface area contributed by atoms with Crippen molar-refractivity contribution in [1.82, 2.24) is 0 Å². The summed E-state index contributed by atoms with van der Waals surface area (Å²) in [5.41, 5.74) is 2.67. The van der Waals surface area contributed by atoms with Crippen LogP contribution < -0.4 is 9.80 Å². The summed E-state index contributed by atoms with van der Waals surface area (Å²) in [6, 6.07) is 8.68. The third-order valence-corrected chi connectivity index (χ3v) is 3.67. The van der Waals surface area contributed by atoms with Crippen LogP contribution in [0.4, 0.5) is 11.4 Å². The molecule has 0 radical (unpaired) electrons. The van der Waals surface area contributed by atoms with Gasteiger partial charge in [-0.1, -0.05) is 26.0 Å². The van der Waals surface area contributed by atoms with Gasteiger partial charge in [0, 0.05) is 19.6 Å². The molecular formula is C15H22ClN3. The zero-order chi connectivity index (χ0) is 12.5. The zero-order valence-electron chi connectivity index (χ0n) is 11.7. The van der Waals surface area contributed by atoms with E-state index >= 15 is 0 Å². The van der Waals surface area contributed by atoms with Crippen molar-refractivity contribution >= 4 is 29.7 Å². The minimum Gasteiger partial charge on any atom is -0.310 e. The Bertz CT molecular complexity index is 470. The summed E-state index contributed by atoms with van der Waals surface area (Å²) in [5, 5.41) is 0. The summed E-state index contributed by atoms with van der Waals surface area (Å²) in [5.74, 6) is 1.90. The second-order valence-electron chi connectivity index (χ2n) is 5.51. The maximum Gasteiger partial charge on any atom is 0.205 e. The Balaban J connectivity index is 0.00000133. The van der Waals surface area contributed by atoms with Gasteiger partial charge in [0.1, 0.15) is 0 Å². The van der Waals surface area contributed by atoms with Gasteiger partial charge in [-0.25, -0.2) is 0 Å². The van der Waals surface area contributed by atoms with Gasteiger partial charge < -0.3 is 9.80 Å². The molecule has 2 heterocycles. The molecule has 19 heavy (non-hydrogen) atoms. The number of anilines is 2. The van der Waals surface area contributed by atoms with Crippen molar-refractivity contribution in [1.29, 1.82) is 0 Å². The van der Waals surface area contributed by atoms with E-state index in [-0.39, 0.29) is 12.4 Å². The molecule has 2 aliphatic heterocycles. The molecular weight excluding hydrogens is 258 g/mol. The van der Waals surface area contributed by atoms with E-state index in [9.17, 15) is 0 Å². The summed E-state index contributed by atoms with van der Waals surface area (Å²) < 4.78 is 0. The summed E-state index contributed by atoms with van der Waals surface area (Å²) >= 11 is 0. The van der Waals surface area contributed by atoms with Gasteiger partial charge in [0.25, 0.3) is 0 Å². The molecule has 0 aromatic heterocycles. The first-order chi connectivity index (χ1) is 8.77. The molecule has 1 aromatic carbocycles. The first-order valence-corrected chi connectivity index (χ1v) is 6.96. The fraction of sp³-hybridized carbons (Fsp3) is 0.533. The van der Waals surface area contributed by atoms with Crippen molar-refractivity contribution in [2.24, 2.45) is 10.9 Å². The lowest BCUT2D eigenvalue weighted by molar-refractivity contribution is 0.593. The van der Waals surface area contributed by atoms with Crippen LogP contribution in [-0.4, -0.2) is 25.6 Å². The Morgan fingerprint density at radius 3 is 2.68 bits per heavy atom. The van der Waals surface area contributed by atoms with Crippen molar-refractivity contribution in [3.05, 3.63) is 24.3 Å². The smallest absolute Gasteiger partial charge is 0.205 e. The number of nitrogens with zero attached hydrogens (tertiary/aromatic N) is 3. The van der Waals surface area contributed by atoms with Gasteiger partial charge in [-0.3, -0.25) is 4.99 Å². The highest BCUT2D eigenvalue weighted by Crippen LogP contribution is 2.38. The number of halogens is 1. The molecule has 104 valence electrons. The first kappa shape index (κ1) is 14.2. The topological polar surface area (TPSA) is 18.8 Å². The van der Waals surface area contributed by atoms with E-state index in [0.29, 0.717) is 0 Å². The normalized spacial score (nSPS) is 16.9. The first-order valence-electron chi connectivity index (χ1n) is 6.96. The average molecular weight is 280 g/mol. The molecule has 0 fully saturated rings. The molecule has 0 aliphatic carbocycles. The highest BCUT2D eigenvalue weighted by atomic mass is 35.5. The van der Waals surface area contributed by atoms with Crippen LogP contribution in [0, 0.1) is 5.92 Å². The molecule has 0 atom stereocenters. The SMILES string of the molecule is CC(C)CCN1C2=NCCCN2c2ccccc21.Cl. The monoisotopic (exact) mass is 279 g/mol. The molecule has 2 aliphatic rings. The van der Waals surface area contributed by atoms with Crippen LogP contribution in [0.15, 0.2) is 29.3 Å². The van der Waals surface area contributed by atoms with Crippen LogP contribution in [0.3, 0.4) is 0 Å². The molecule has 0 amide bonds. The Morgan fingerprint density at radius 2 is 1.95 bits per heavy atom. The molecule has 3 nitrogen and oxygen atoms in total. The van der Waals surface area contributed by atoms with Crippen molar-refractivity contribution in [2.45, 2.75) is 26.7 Å². The molecule has 0 bridgehead atoms. The standard InChI is InChI=1S/C15H21N3.ClH/c1-12(2)8-11-18-14-7-4-3-6-13(14)17-10-5-9-16-15(17)18;/h3-4,6-7,12H,5,8-11H2,1-2H3;1H. The molecule has 0 spiro atoms. The van der Waals surface area contributed by atoms with Gasteiger partial charge in [-0.2, -0.15) is 0 Å². The van der Waals surface area contributed by atoms with Gasteiger partial charge in [-0.15, -0.1) is 12.4 Å². The fourth-order valence-corrected chi connectivity index (χ4v) is 2.69. The maximum absolute atomic E-state index is 4.73. The minimum absolute atomic E-state index is 0. The lowest BCUT2D eigenvalue weighted by Gasteiger charge is -2.27. The van der Waals surface area contributed by atoms with Crippen LogP contribution in [0.5, 0.6) is 0 Å². The summed E-state index contributed by atoms with van der Waals surface area (Å²) in [6.07, 6.45) is 2.37. The van der Waals surface area contributed by atoms with Crippen LogP contribution in [-0.2, 0) is 0 Å². The van der Waals surface area contributed by atoms with Crippen molar-refractivity contribution in [3.8, 4) is 0 Å². The van der Waals surface area contributed by atoms with Crippen molar-refractivity contribution in [3.63, 3.8) is 0 Å². The number of hydrogen-bond acceptors (Lipinski definition) is 3. The van der Waals surface area contributed by atoms with Crippen molar-refractivity contribution in [2.75, 3.05) is 29.4 Å². The molecule has 1 aromatic rings. The molecule has 3 rings (SSSR count). The number of aliphatic imine (C=N–C) groups is 1. The van der Waals surface area contributed by atoms with Crippen molar-refractivity contribution < 1.29 is 0 Å². The number of guanidine groups is 1. The Hall–Kier alpha value is -1.22. The fourth-order valence-electron chi connectivity index (χ4n) is 2.69. The lowest BCUT2D eigenvalue weighted by atomic mass is 10.1. The molecule has 0 N–H and O–H groups in total. The number of hydrogen-bond donors (Lipinski definition) is 0. The Kier molecular flexibility index (Phi) is 4.35. The second-order valence-corrected chi connectivity index (χ2v) is 5.51. The van der Waals surface area contributed by atoms with E-state index in [0.717, 1.165) is 32.0 Å². The molecule has 0 saturated heterocycles. The largest absolute Gasteiger partial charge is 0.310 e. The lowest BCUT2D eigenvalue weighted by Crippen LogP contribution is -2.42. The van der Waals surface area contributed by atoms with Gasteiger partial charge in [0.2, 0.25) is 5.96 Å². The number of benzene rings is 1. The molecule has 0 unspecified atom stereocenters. The van der Waals surface area contributed by atoms with E-state index in [1.54, 1.807) is 0 Å². The van der Waals surface area contributed by atoms with Gasteiger partial charge in [-0.05, 0) is 30.9 Å². The molecule has 0 saturated carbocycles. The number of fused-ring (bicyclic) bond motifs is 3. The van der Waals surface area contributed by atoms with Gasteiger partial charge in [0.15, 0.2) is 0 Å². The highest BCUT2D eigenvalue weighted by Gasteiger charge is 2.33. The second kappa shape index (κ2) is 5.83. The average Bonchev–Trinajstić information content (AvgIpc) is 2.71. The summed E-state index contributed by atoms with van der Waals surface area (Å²) in [4.78, 5) is 9.51. The van der Waals surface area contributed by atoms with Crippen LogP contribution >= 0.6 is 12.4 Å². The highest BCUT2D eigenvalue weighted by molar-refractivity contribution is 6.16. The minimum atomic E-state index is 0. The van der Waals surface area contributed by atoms with E-state index in [2.05, 4.69) is 47.9 Å². The predicted molar refractivity (Wildman–Crippen MR) is 84.8 cm³/mol. The molecule has 4 heteroatoms. The van der Waals surface area contributed by atoms with Crippen LogP contribution in [0.2, 0.25) is 0 Å². The summed E-state index contributed by atoms with van der Waals surface area (Å²) in [7, 11) is 0. The van der Waals surface area contributed by atoms with Crippen LogP contribution in [0.25, 0.3) is 0 Å². The summed E-state index contributed by atoms with van der Waals surface area (Å²) in [6.45, 7) is 7.71. The Labute approximate surface area is 121 Å². The Morgan fingerprint density at radius 1 is 1.21 bits per heavy atom. The van der Waals surface area contributed by atoms with E-state index in [1.165, 1.54) is 23.8 Å². The van der Waals surface area contributed by atoms with Gasteiger partial charge >= 0.3 is 0 Å². The van der Waals surface area contributed by atoms with Crippen LogP contribution in [0.1, 0.15) is 26.7 Å². The predicted octanol–water partition coefficient (Wildman–Crippen LogP) is 3.54. The van der Waals surface area contributed by atoms with E-state index < -0.39 is 0 Å². The quantitative estimate of drug-likeness (QED) is 0.843. The third kappa shape index (κ3) is 2.57. The van der Waals surface area contributed by atoms with E-state index in [4.69, 9.17) is 4.99 Å². The maximum atomic E-state index is 4.73.